The molecular weight excluding hydrogens is 352 g/mol. The highest BCUT2D eigenvalue weighted by Crippen LogP contribution is 2.29. The van der Waals surface area contributed by atoms with Crippen molar-refractivity contribution in [2.75, 3.05) is 43.5 Å². The number of hydrogen-bond donors (Lipinski definition) is 1. The highest BCUT2D eigenvalue weighted by atomic mass is 32.1. The fourth-order valence-electron chi connectivity index (χ4n) is 2.86. The van der Waals surface area contributed by atoms with Gasteiger partial charge >= 0.3 is 6.03 Å². The predicted molar refractivity (Wildman–Crippen MR) is 101 cm³/mol. The third-order valence-electron chi connectivity index (χ3n) is 4.26. The number of ether oxygens (including phenoxy) is 1. The average Bonchev–Trinajstić information content (AvgIpc) is 3.10. The smallest absolute Gasteiger partial charge is 0.323 e. The van der Waals surface area contributed by atoms with Crippen LogP contribution in [0.25, 0.3) is 10.2 Å². The van der Waals surface area contributed by atoms with Gasteiger partial charge in [0.25, 0.3) is 0 Å². The molecule has 0 aliphatic carbocycles. The summed E-state index contributed by atoms with van der Waals surface area (Å²) in [5, 5.41) is 11.5. The molecule has 0 spiro atoms. The number of fused-ring (bicyclic) bond motifs is 1. The van der Waals surface area contributed by atoms with Crippen LogP contribution in [-0.2, 0) is 0 Å². The number of thiazole rings is 1. The van der Waals surface area contributed by atoms with Crippen LogP contribution in [-0.4, -0.2) is 59.4 Å². The monoisotopic (exact) mass is 370 g/mol. The van der Waals surface area contributed by atoms with E-state index in [0.29, 0.717) is 18.2 Å². The molecule has 26 heavy (non-hydrogen) atoms. The summed E-state index contributed by atoms with van der Waals surface area (Å²) in [5.41, 5.74) is 0.846. The number of benzene rings is 1. The maximum Gasteiger partial charge on any atom is 0.323 e. The Morgan fingerprint density at radius 3 is 2.81 bits per heavy atom. The number of nitrogens with one attached hydrogen (secondary N) is 1. The number of rotatable bonds is 3. The van der Waals surface area contributed by atoms with Crippen LogP contribution in [0, 0.1) is 0 Å². The van der Waals surface area contributed by atoms with Crippen molar-refractivity contribution >= 4 is 38.5 Å². The Kier molecular flexibility index (Phi) is 4.53. The third-order valence-corrected chi connectivity index (χ3v) is 5.19. The Bertz CT molecular complexity index is 908. The first kappa shape index (κ1) is 16.5. The molecule has 3 heterocycles. The first-order valence-corrected chi connectivity index (χ1v) is 9.08. The zero-order chi connectivity index (χ0) is 17.9. The summed E-state index contributed by atoms with van der Waals surface area (Å²) < 4.78 is 6.20. The Hall–Kier alpha value is -2.94. The van der Waals surface area contributed by atoms with Gasteiger partial charge in [0, 0.05) is 32.4 Å². The number of methoxy groups -OCH3 is 1. The molecule has 9 heteroatoms. The maximum atomic E-state index is 12.5. The van der Waals surface area contributed by atoms with Crippen molar-refractivity contribution in [2.45, 2.75) is 0 Å². The zero-order valence-electron chi connectivity index (χ0n) is 14.3. The average molecular weight is 370 g/mol. The van der Waals surface area contributed by atoms with Gasteiger partial charge in [-0.25, -0.2) is 9.78 Å². The molecule has 3 aromatic rings. The Labute approximate surface area is 154 Å². The van der Waals surface area contributed by atoms with Crippen LogP contribution >= 0.6 is 11.3 Å². The Morgan fingerprint density at radius 1 is 1.23 bits per heavy atom. The molecule has 0 saturated carbocycles. The number of hydrogen-bond acceptors (Lipinski definition) is 7. The molecule has 1 saturated heterocycles. The molecule has 8 nitrogen and oxygen atoms in total. The summed E-state index contributed by atoms with van der Waals surface area (Å²) in [6, 6.07) is 9.33. The van der Waals surface area contributed by atoms with Crippen LogP contribution in [0.5, 0.6) is 5.75 Å². The quantitative estimate of drug-likeness (QED) is 0.762. The van der Waals surface area contributed by atoms with Crippen molar-refractivity contribution in [2.24, 2.45) is 0 Å². The first-order chi connectivity index (χ1) is 12.7. The fraction of sp³-hybridized carbons (Fsp3) is 0.294. The first-order valence-electron chi connectivity index (χ1n) is 8.26. The van der Waals surface area contributed by atoms with Gasteiger partial charge in [-0.15, -0.1) is 5.10 Å². The minimum atomic E-state index is -0.130. The molecule has 134 valence electrons. The van der Waals surface area contributed by atoms with E-state index >= 15 is 0 Å². The minimum absolute atomic E-state index is 0.130. The maximum absolute atomic E-state index is 12.5. The van der Waals surface area contributed by atoms with E-state index in [1.165, 1.54) is 11.3 Å². The molecule has 1 fully saturated rings. The van der Waals surface area contributed by atoms with Crippen molar-refractivity contribution in [1.82, 2.24) is 20.1 Å². The summed E-state index contributed by atoms with van der Waals surface area (Å²) >= 11 is 1.44. The number of anilines is 2. The van der Waals surface area contributed by atoms with E-state index in [-0.39, 0.29) is 6.03 Å². The number of aromatic nitrogens is 3. The number of nitrogens with zero attached hydrogens (tertiary/aromatic N) is 5. The molecule has 4 rings (SSSR count). The van der Waals surface area contributed by atoms with E-state index in [1.54, 1.807) is 18.2 Å². The van der Waals surface area contributed by atoms with Crippen molar-refractivity contribution in [3.63, 3.8) is 0 Å². The van der Waals surface area contributed by atoms with Crippen LogP contribution in [0.15, 0.2) is 36.5 Å². The van der Waals surface area contributed by atoms with Gasteiger partial charge in [0.1, 0.15) is 5.75 Å². The number of piperazine rings is 1. The van der Waals surface area contributed by atoms with Gasteiger partial charge in [0.05, 0.1) is 17.3 Å². The number of amides is 2. The lowest BCUT2D eigenvalue weighted by molar-refractivity contribution is 0.208. The molecule has 1 N–H and O–H groups in total. The standard InChI is InChI=1S/C17H18N6O2S/c1-25-12-4-5-13-14(11-12)26-16(19-13)20-17(24)23-9-7-22(8-10-23)15-3-2-6-18-21-15/h2-6,11H,7-10H2,1H3,(H,19,20,24). The summed E-state index contributed by atoms with van der Waals surface area (Å²) in [5.74, 6) is 1.62. The molecule has 1 aliphatic rings. The third kappa shape index (κ3) is 3.38. The Balaban J connectivity index is 1.38. The van der Waals surface area contributed by atoms with Gasteiger partial charge in [0.15, 0.2) is 10.9 Å². The molecular formula is C17H18N6O2S. The van der Waals surface area contributed by atoms with Gasteiger partial charge in [-0.05, 0) is 30.3 Å². The van der Waals surface area contributed by atoms with Crippen LogP contribution in [0.4, 0.5) is 15.7 Å². The van der Waals surface area contributed by atoms with Gasteiger partial charge in [-0.3, -0.25) is 5.32 Å². The van der Waals surface area contributed by atoms with E-state index in [4.69, 9.17) is 4.74 Å². The topological polar surface area (TPSA) is 83.5 Å². The van der Waals surface area contributed by atoms with Gasteiger partial charge in [-0.1, -0.05) is 11.3 Å². The van der Waals surface area contributed by atoms with Crippen molar-refractivity contribution in [3.05, 3.63) is 36.5 Å². The van der Waals surface area contributed by atoms with Crippen molar-refractivity contribution in [1.29, 1.82) is 0 Å². The molecule has 0 bridgehead atoms. The zero-order valence-corrected chi connectivity index (χ0v) is 15.1. The van der Waals surface area contributed by atoms with E-state index in [1.807, 2.05) is 30.3 Å². The molecule has 2 aromatic heterocycles. The number of carbonyl (C=O) groups is 1. The van der Waals surface area contributed by atoms with Gasteiger partial charge in [-0.2, -0.15) is 5.10 Å². The number of carbonyl (C=O) groups excluding carboxylic acids is 1. The van der Waals surface area contributed by atoms with E-state index in [9.17, 15) is 4.79 Å². The van der Waals surface area contributed by atoms with E-state index in [2.05, 4.69) is 25.4 Å². The molecule has 1 aromatic carbocycles. The van der Waals surface area contributed by atoms with Gasteiger partial charge < -0.3 is 14.5 Å². The van der Waals surface area contributed by atoms with E-state index in [0.717, 1.165) is 34.9 Å². The minimum Gasteiger partial charge on any atom is -0.497 e. The summed E-state index contributed by atoms with van der Waals surface area (Å²) in [6.45, 7) is 2.70. The van der Waals surface area contributed by atoms with Crippen LogP contribution in [0.2, 0.25) is 0 Å². The molecule has 0 atom stereocenters. The lowest BCUT2D eigenvalue weighted by atomic mass is 10.3. The SMILES string of the molecule is COc1ccc2nc(NC(=O)N3CCN(c4cccnn4)CC3)sc2c1. The highest BCUT2D eigenvalue weighted by molar-refractivity contribution is 7.22. The lowest BCUT2D eigenvalue weighted by Gasteiger charge is -2.34. The fourth-order valence-corrected chi connectivity index (χ4v) is 3.74. The van der Waals surface area contributed by atoms with Crippen LogP contribution in [0.1, 0.15) is 0 Å². The van der Waals surface area contributed by atoms with Crippen LogP contribution < -0.4 is 15.0 Å². The van der Waals surface area contributed by atoms with Crippen molar-refractivity contribution < 1.29 is 9.53 Å². The second kappa shape index (κ2) is 7.12. The van der Waals surface area contributed by atoms with E-state index < -0.39 is 0 Å². The van der Waals surface area contributed by atoms with Crippen molar-refractivity contribution in [3.8, 4) is 5.75 Å². The normalized spacial score (nSPS) is 14.5. The molecule has 0 radical (unpaired) electrons. The van der Waals surface area contributed by atoms with Crippen LogP contribution in [0.3, 0.4) is 0 Å². The largest absolute Gasteiger partial charge is 0.497 e. The Morgan fingerprint density at radius 2 is 2.08 bits per heavy atom. The molecule has 0 unspecified atom stereocenters. The summed E-state index contributed by atoms with van der Waals surface area (Å²) in [7, 11) is 1.63. The molecule has 1 aliphatic heterocycles. The lowest BCUT2D eigenvalue weighted by Crippen LogP contribution is -2.50. The summed E-state index contributed by atoms with van der Waals surface area (Å²) in [4.78, 5) is 20.9. The second-order valence-electron chi connectivity index (χ2n) is 5.84. The molecule has 2 amide bonds. The van der Waals surface area contributed by atoms with Gasteiger partial charge in [0.2, 0.25) is 0 Å². The second-order valence-corrected chi connectivity index (χ2v) is 6.87. The number of urea groups is 1. The summed E-state index contributed by atoms with van der Waals surface area (Å²) in [6.07, 6.45) is 1.65. The highest BCUT2D eigenvalue weighted by Gasteiger charge is 2.22. The predicted octanol–water partition coefficient (Wildman–Crippen LogP) is 2.45.